The van der Waals surface area contributed by atoms with Gasteiger partial charge in [-0.25, -0.2) is 9.78 Å². The number of hydrogen-bond acceptors (Lipinski definition) is 5. The number of benzene rings is 2. The molecule has 3 rings (SSSR count). The van der Waals surface area contributed by atoms with Crippen molar-refractivity contribution in [1.82, 2.24) is 4.98 Å². The maximum Gasteiger partial charge on any atom is 0.338 e. The fourth-order valence-electron chi connectivity index (χ4n) is 2.56. The maximum absolute atomic E-state index is 12.2. The Morgan fingerprint density at radius 1 is 1.04 bits per heavy atom. The van der Waals surface area contributed by atoms with Crippen LogP contribution < -0.4 is 5.32 Å². The number of hydrogen-bond donors (Lipinski definition) is 1. The fraction of sp³-hybridized carbons (Fsp3) is 0.190. The molecule has 0 atom stereocenters. The second kappa shape index (κ2) is 8.60. The van der Waals surface area contributed by atoms with Crippen LogP contribution in [0.3, 0.4) is 0 Å². The second-order valence-corrected chi connectivity index (χ2v) is 7.11. The first kappa shape index (κ1) is 18.8. The Labute approximate surface area is 162 Å². The van der Waals surface area contributed by atoms with Crippen LogP contribution in [-0.4, -0.2) is 16.9 Å². The third-order valence-corrected chi connectivity index (χ3v) is 4.94. The Hall–Kier alpha value is -2.99. The molecule has 1 amide bonds. The second-order valence-electron chi connectivity index (χ2n) is 6.16. The molecule has 0 aliphatic rings. The van der Waals surface area contributed by atoms with Gasteiger partial charge >= 0.3 is 5.97 Å². The van der Waals surface area contributed by atoms with E-state index in [2.05, 4.69) is 10.3 Å². The Bertz CT molecular complexity index is 965. The SMILES string of the molecule is Cc1ccccc1NC(=O)Cc1nc(COC(=O)c2ccccc2C)cs1. The number of para-hydroxylation sites is 1. The quantitative estimate of drug-likeness (QED) is 0.648. The van der Waals surface area contributed by atoms with Crippen molar-refractivity contribution in [3.8, 4) is 0 Å². The minimum absolute atomic E-state index is 0.0864. The fourth-order valence-corrected chi connectivity index (χ4v) is 3.34. The summed E-state index contributed by atoms with van der Waals surface area (Å²) < 4.78 is 5.33. The van der Waals surface area contributed by atoms with Gasteiger partial charge in [-0.3, -0.25) is 4.79 Å². The molecule has 1 N–H and O–H groups in total. The van der Waals surface area contributed by atoms with Crippen molar-refractivity contribution in [3.05, 3.63) is 81.3 Å². The minimum Gasteiger partial charge on any atom is -0.456 e. The van der Waals surface area contributed by atoms with E-state index in [-0.39, 0.29) is 24.9 Å². The molecule has 0 radical (unpaired) electrons. The molecule has 0 aliphatic carbocycles. The summed E-state index contributed by atoms with van der Waals surface area (Å²) in [5.41, 5.74) is 3.86. The lowest BCUT2D eigenvalue weighted by molar-refractivity contribution is -0.115. The maximum atomic E-state index is 12.2. The van der Waals surface area contributed by atoms with Gasteiger partial charge in [0.25, 0.3) is 0 Å². The van der Waals surface area contributed by atoms with E-state index in [0.29, 0.717) is 16.3 Å². The van der Waals surface area contributed by atoms with Gasteiger partial charge in [-0.15, -0.1) is 11.3 Å². The van der Waals surface area contributed by atoms with E-state index in [1.807, 2.05) is 55.6 Å². The zero-order chi connectivity index (χ0) is 19.2. The summed E-state index contributed by atoms with van der Waals surface area (Å²) in [5.74, 6) is -0.498. The number of ether oxygens (including phenoxy) is 1. The van der Waals surface area contributed by atoms with E-state index in [1.54, 1.807) is 12.1 Å². The number of carbonyl (C=O) groups is 2. The van der Waals surface area contributed by atoms with Crippen LogP contribution in [-0.2, 0) is 22.6 Å². The van der Waals surface area contributed by atoms with Gasteiger partial charge in [0.05, 0.1) is 17.7 Å². The van der Waals surface area contributed by atoms with Gasteiger partial charge in [0, 0.05) is 11.1 Å². The van der Waals surface area contributed by atoms with Gasteiger partial charge in [-0.05, 0) is 37.1 Å². The molecule has 5 nitrogen and oxygen atoms in total. The number of nitrogens with zero attached hydrogens (tertiary/aromatic N) is 1. The van der Waals surface area contributed by atoms with Crippen LogP contribution in [0.5, 0.6) is 0 Å². The lowest BCUT2D eigenvalue weighted by atomic mass is 10.1. The number of aryl methyl sites for hydroxylation is 2. The van der Waals surface area contributed by atoms with Crippen LogP contribution in [0.15, 0.2) is 53.9 Å². The normalized spacial score (nSPS) is 10.4. The van der Waals surface area contributed by atoms with Crippen LogP contribution in [0.2, 0.25) is 0 Å². The van der Waals surface area contributed by atoms with Crippen LogP contribution in [0.4, 0.5) is 5.69 Å². The molecule has 6 heteroatoms. The van der Waals surface area contributed by atoms with E-state index in [0.717, 1.165) is 16.8 Å². The number of esters is 1. The summed E-state index contributed by atoms with van der Waals surface area (Å²) in [6.07, 6.45) is 0.185. The van der Waals surface area contributed by atoms with E-state index in [1.165, 1.54) is 11.3 Å². The van der Waals surface area contributed by atoms with Gasteiger partial charge in [0.2, 0.25) is 5.91 Å². The van der Waals surface area contributed by atoms with E-state index in [4.69, 9.17) is 4.74 Å². The predicted octanol–water partition coefficient (Wildman–Crippen LogP) is 4.30. The predicted molar refractivity (Wildman–Crippen MR) is 106 cm³/mol. The van der Waals surface area contributed by atoms with Crippen molar-refractivity contribution in [1.29, 1.82) is 0 Å². The number of carbonyl (C=O) groups excluding carboxylic acids is 2. The molecular formula is C21H20N2O3S. The van der Waals surface area contributed by atoms with Gasteiger partial charge in [-0.1, -0.05) is 36.4 Å². The van der Waals surface area contributed by atoms with Crippen molar-refractivity contribution in [2.45, 2.75) is 26.9 Å². The molecule has 0 saturated heterocycles. The first-order chi connectivity index (χ1) is 13.0. The number of amides is 1. The Morgan fingerprint density at radius 2 is 1.74 bits per heavy atom. The van der Waals surface area contributed by atoms with E-state index in [9.17, 15) is 9.59 Å². The minimum atomic E-state index is -0.375. The van der Waals surface area contributed by atoms with Gasteiger partial charge in [0.1, 0.15) is 11.6 Å². The zero-order valence-corrected chi connectivity index (χ0v) is 16.0. The van der Waals surface area contributed by atoms with Crippen molar-refractivity contribution in [3.63, 3.8) is 0 Å². The Balaban J connectivity index is 1.54. The molecule has 0 bridgehead atoms. The summed E-state index contributed by atoms with van der Waals surface area (Å²) in [5, 5.41) is 5.38. The standard InChI is InChI=1S/C21H20N2O3S/c1-14-7-3-5-9-17(14)21(25)26-12-16-13-27-20(22-16)11-19(24)23-18-10-6-4-8-15(18)2/h3-10,13H,11-12H2,1-2H3,(H,23,24). The average Bonchev–Trinajstić information content (AvgIpc) is 3.09. The molecule has 0 spiro atoms. The molecule has 0 fully saturated rings. The Morgan fingerprint density at radius 3 is 2.48 bits per heavy atom. The first-order valence-electron chi connectivity index (χ1n) is 8.54. The summed E-state index contributed by atoms with van der Waals surface area (Å²) in [6, 6.07) is 14.9. The van der Waals surface area contributed by atoms with Crippen molar-refractivity contribution in [2.75, 3.05) is 5.32 Å². The van der Waals surface area contributed by atoms with Crippen LogP contribution in [0, 0.1) is 13.8 Å². The Kier molecular flexibility index (Phi) is 5.98. The molecular weight excluding hydrogens is 360 g/mol. The highest BCUT2D eigenvalue weighted by Gasteiger charge is 2.13. The smallest absolute Gasteiger partial charge is 0.338 e. The van der Waals surface area contributed by atoms with Crippen molar-refractivity contribution < 1.29 is 14.3 Å². The highest BCUT2D eigenvalue weighted by molar-refractivity contribution is 7.09. The summed E-state index contributed by atoms with van der Waals surface area (Å²) in [4.78, 5) is 28.7. The largest absolute Gasteiger partial charge is 0.456 e. The highest BCUT2D eigenvalue weighted by Crippen LogP contribution is 2.16. The van der Waals surface area contributed by atoms with Crippen molar-refractivity contribution >= 4 is 28.9 Å². The lowest BCUT2D eigenvalue weighted by Gasteiger charge is -2.07. The molecule has 0 saturated carbocycles. The van der Waals surface area contributed by atoms with E-state index < -0.39 is 0 Å². The monoisotopic (exact) mass is 380 g/mol. The molecule has 0 unspecified atom stereocenters. The molecule has 3 aromatic rings. The zero-order valence-electron chi connectivity index (χ0n) is 15.2. The van der Waals surface area contributed by atoms with Gasteiger partial charge < -0.3 is 10.1 Å². The first-order valence-corrected chi connectivity index (χ1v) is 9.42. The molecule has 0 aliphatic heterocycles. The number of anilines is 1. The average molecular weight is 380 g/mol. The van der Waals surface area contributed by atoms with E-state index >= 15 is 0 Å². The van der Waals surface area contributed by atoms with Crippen molar-refractivity contribution in [2.24, 2.45) is 0 Å². The van der Waals surface area contributed by atoms with Crippen LogP contribution >= 0.6 is 11.3 Å². The lowest BCUT2D eigenvalue weighted by Crippen LogP contribution is -2.15. The molecule has 27 heavy (non-hydrogen) atoms. The van der Waals surface area contributed by atoms with Crippen LogP contribution in [0.25, 0.3) is 0 Å². The molecule has 1 aromatic heterocycles. The third kappa shape index (κ3) is 5.01. The number of rotatable bonds is 6. The summed E-state index contributed by atoms with van der Waals surface area (Å²) >= 11 is 1.38. The van der Waals surface area contributed by atoms with Crippen LogP contribution in [0.1, 0.15) is 32.2 Å². The summed E-state index contributed by atoms with van der Waals surface area (Å²) in [6.45, 7) is 3.90. The summed E-state index contributed by atoms with van der Waals surface area (Å²) in [7, 11) is 0. The number of thiazole rings is 1. The third-order valence-electron chi connectivity index (χ3n) is 4.05. The molecule has 2 aromatic carbocycles. The number of nitrogens with one attached hydrogen (secondary N) is 1. The number of aromatic nitrogens is 1. The highest BCUT2D eigenvalue weighted by atomic mass is 32.1. The molecule has 138 valence electrons. The topological polar surface area (TPSA) is 68.3 Å². The van der Waals surface area contributed by atoms with Gasteiger partial charge in [0.15, 0.2) is 0 Å². The van der Waals surface area contributed by atoms with Gasteiger partial charge in [-0.2, -0.15) is 0 Å². The molecule has 1 heterocycles.